The minimum atomic E-state index is 0.497. The number of anilines is 2. The van der Waals surface area contributed by atoms with Crippen molar-refractivity contribution >= 4 is 44.7 Å². The first-order chi connectivity index (χ1) is 10.2. The van der Waals surface area contributed by atoms with Crippen LogP contribution in [0.1, 0.15) is 0 Å². The molecule has 0 saturated carbocycles. The van der Waals surface area contributed by atoms with Crippen LogP contribution in [0.3, 0.4) is 0 Å². The molecule has 3 aromatic rings. The average Bonchev–Trinajstić information content (AvgIpc) is 2.97. The normalized spacial score (nSPS) is 10.6. The summed E-state index contributed by atoms with van der Waals surface area (Å²) in [6.07, 6.45) is 1.53. The first-order valence-corrected chi connectivity index (χ1v) is 7.35. The smallest absolute Gasteiger partial charge is 0.146 e. The summed E-state index contributed by atoms with van der Waals surface area (Å²) in [4.78, 5) is 9.42. The highest BCUT2D eigenvalue weighted by Gasteiger charge is 2.12. The number of thiophene rings is 1. The van der Waals surface area contributed by atoms with Gasteiger partial charge in [-0.1, -0.05) is 11.6 Å². The third-order valence-electron chi connectivity index (χ3n) is 2.99. The largest absolute Gasteiger partial charge is 0.495 e. The van der Waals surface area contributed by atoms with Crippen molar-refractivity contribution in [1.82, 2.24) is 9.97 Å². The van der Waals surface area contributed by atoms with Crippen molar-refractivity contribution < 1.29 is 9.47 Å². The fraction of sp³-hybridized carbons (Fsp3) is 0.143. The van der Waals surface area contributed by atoms with Crippen molar-refractivity contribution in [2.24, 2.45) is 0 Å². The molecule has 0 atom stereocenters. The molecule has 2 heterocycles. The highest BCUT2D eigenvalue weighted by molar-refractivity contribution is 7.16. The van der Waals surface area contributed by atoms with E-state index in [2.05, 4.69) is 15.3 Å². The SMILES string of the molecule is COc1cc(OC)c(Nc2ncnc3sccc23)cc1Cl. The van der Waals surface area contributed by atoms with Crippen LogP contribution >= 0.6 is 22.9 Å². The Kier molecular flexibility index (Phi) is 3.81. The number of nitrogens with zero attached hydrogens (tertiary/aromatic N) is 2. The number of methoxy groups -OCH3 is 2. The van der Waals surface area contributed by atoms with Crippen LogP contribution in [0.5, 0.6) is 11.5 Å². The third kappa shape index (κ3) is 2.59. The topological polar surface area (TPSA) is 56.3 Å². The Hall–Kier alpha value is -2.05. The summed E-state index contributed by atoms with van der Waals surface area (Å²) >= 11 is 7.73. The molecule has 0 unspecified atom stereocenters. The predicted molar refractivity (Wildman–Crippen MR) is 85.3 cm³/mol. The van der Waals surface area contributed by atoms with Gasteiger partial charge in [0.1, 0.15) is 28.5 Å². The molecule has 5 nitrogen and oxygen atoms in total. The van der Waals surface area contributed by atoms with Gasteiger partial charge in [-0.15, -0.1) is 11.3 Å². The van der Waals surface area contributed by atoms with E-state index in [-0.39, 0.29) is 0 Å². The van der Waals surface area contributed by atoms with E-state index in [0.29, 0.717) is 22.3 Å². The highest BCUT2D eigenvalue weighted by Crippen LogP contribution is 2.38. The van der Waals surface area contributed by atoms with Crippen LogP contribution in [0, 0.1) is 0 Å². The number of rotatable bonds is 4. The molecule has 0 amide bonds. The van der Waals surface area contributed by atoms with Gasteiger partial charge in [-0.3, -0.25) is 0 Å². The Labute approximate surface area is 130 Å². The molecular formula is C14H12ClN3O2S. The Morgan fingerprint density at radius 3 is 2.71 bits per heavy atom. The molecule has 0 saturated heterocycles. The predicted octanol–water partition coefficient (Wildman–Crippen LogP) is 4.11. The molecule has 0 fully saturated rings. The molecule has 7 heteroatoms. The van der Waals surface area contributed by atoms with E-state index in [4.69, 9.17) is 21.1 Å². The molecule has 0 bridgehead atoms. The standard InChI is InChI=1S/C14H12ClN3O2S/c1-19-11-6-12(20-2)10(5-9(11)15)18-13-8-3-4-21-14(8)17-7-16-13/h3-7H,1-2H3,(H,16,17,18). The van der Waals surface area contributed by atoms with E-state index < -0.39 is 0 Å². The van der Waals surface area contributed by atoms with Gasteiger partial charge in [-0.05, 0) is 17.5 Å². The molecule has 0 radical (unpaired) electrons. The Bertz CT molecular complexity index is 791. The Morgan fingerprint density at radius 2 is 1.95 bits per heavy atom. The van der Waals surface area contributed by atoms with Gasteiger partial charge in [-0.25, -0.2) is 9.97 Å². The number of nitrogens with one attached hydrogen (secondary N) is 1. The van der Waals surface area contributed by atoms with E-state index >= 15 is 0 Å². The van der Waals surface area contributed by atoms with Gasteiger partial charge in [0.05, 0.1) is 30.3 Å². The lowest BCUT2D eigenvalue weighted by atomic mass is 10.2. The van der Waals surface area contributed by atoms with Crippen molar-refractivity contribution in [3.05, 3.63) is 34.9 Å². The van der Waals surface area contributed by atoms with Crippen LogP contribution in [0.4, 0.5) is 11.5 Å². The summed E-state index contributed by atoms with van der Waals surface area (Å²) in [5.74, 6) is 1.89. The summed E-state index contributed by atoms with van der Waals surface area (Å²) < 4.78 is 10.6. The molecule has 3 rings (SSSR count). The lowest BCUT2D eigenvalue weighted by molar-refractivity contribution is 0.396. The van der Waals surface area contributed by atoms with Crippen LogP contribution in [-0.2, 0) is 0 Å². The number of ether oxygens (including phenoxy) is 2. The molecule has 1 N–H and O–H groups in total. The van der Waals surface area contributed by atoms with Crippen LogP contribution in [0.15, 0.2) is 29.9 Å². The van der Waals surface area contributed by atoms with Crippen LogP contribution < -0.4 is 14.8 Å². The molecule has 2 aromatic heterocycles. The zero-order valence-electron chi connectivity index (χ0n) is 11.4. The molecule has 0 spiro atoms. The number of halogens is 1. The van der Waals surface area contributed by atoms with Gasteiger partial charge in [-0.2, -0.15) is 0 Å². The lowest BCUT2D eigenvalue weighted by Crippen LogP contribution is -1.98. The number of hydrogen-bond donors (Lipinski definition) is 1. The van der Waals surface area contributed by atoms with Crippen molar-refractivity contribution in [3.8, 4) is 11.5 Å². The number of fused-ring (bicyclic) bond motifs is 1. The second-order valence-electron chi connectivity index (χ2n) is 4.17. The summed E-state index contributed by atoms with van der Waals surface area (Å²) in [6, 6.07) is 5.45. The van der Waals surface area contributed by atoms with Gasteiger partial charge in [0, 0.05) is 6.07 Å². The van der Waals surface area contributed by atoms with E-state index in [9.17, 15) is 0 Å². The van der Waals surface area contributed by atoms with Crippen molar-refractivity contribution in [3.63, 3.8) is 0 Å². The zero-order valence-corrected chi connectivity index (χ0v) is 13.0. The summed E-state index contributed by atoms with van der Waals surface area (Å²) in [7, 11) is 3.15. The van der Waals surface area contributed by atoms with E-state index in [1.54, 1.807) is 37.7 Å². The maximum atomic E-state index is 6.17. The maximum absolute atomic E-state index is 6.17. The first-order valence-electron chi connectivity index (χ1n) is 6.09. The van der Waals surface area contributed by atoms with E-state index in [0.717, 1.165) is 15.9 Å². The molecule has 0 aliphatic rings. The van der Waals surface area contributed by atoms with Crippen LogP contribution in [-0.4, -0.2) is 24.2 Å². The average molecular weight is 322 g/mol. The van der Waals surface area contributed by atoms with Crippen molar-refractivity contribution in [2.45, 2.75) is 0 Å². The second-order valence-corrected chi connectivity index (χ2v) is 5.48. The highest BCUT2D eigenvalue weighted by atomic mass is 35.5. The van der Waals surface area contributed by atoms with E-state index in [1.165, 1.54) is 6.33 Å². The summed E-state index contributed by atoms with van der Waals surface area (Å²) in [5, 5.41) is 6.66. The van der Waals surface area contributed by atoms with Gasteiger partial charge in [0.2, 0.25) is 0 Å². The number of aromatic nitrogens is 2. The molecular weight excluding hydrogens is 310 g/mol. The number of hydrogen-bond acceptors (Lipinski definition) is 6. The fourth-order valence-electron chi connectivity index (χ4n) is 1.97. The van der Waals surface area contributed by atoms with Crippen LogP contribution in [0.25, 0.3) is 10.2 Å². The van der Waals surface area contributed by atoms with Gasteiger partial charge >= 0.3 is 0 Å². The maximum Gasteiger partial charge on any atom is 0.146 e. The van der Waals surface area contributed by atoms with Crippen molar-refractivity contribution in [2.75, 3.05) is 19.5 Å². The van der Waals surface area contributed by atoms with Gasteiger partial charge in [0.25, 0.3) is 0 Å². The Balaban J connectivity index is 2.05. The number of benzene rings is 1. The van der Waals surface area contributed by atoms with Gasteiger partial charge in [0.15, 0.2) is 0 Å². The lowest BCUT2D eigenvalue weighted by Gasteiger charge is -2.13. The van der Waals surface area contributed by atoms with Gasteiger partial charge < -0.3 is 14.8 Å². The first kappa shape index (κ1) is 13.9. The third-order valence-corrected chi connectivity index (χ3v) is 4.10. The fourth-order valence-corrected chi connectivity index (χ4v) is 2.95. The zero-order chi connectivity index (χ0) is 14.8. The van der Waals surface area contributed by atoms with Crippen LogP contribution in [0.2, 0.25) is 5.02 Å². The molecule has 108 valence electrons. The quantitative estimate of drug-likeness (QED) is 0.783. The molecule has 0 aliphatic heterocycles. The molecule has 1 aromatic carbocycles. The molecule has 0 aliphatic carbocycles. The Morgan fingerprint density at radius 1 is 1.14 bits per heavy atom. The molecule has 21 heavy (non-hydrogen) atoms. The summed E-state index contributed by atoms with van der Waals surface area (Å²) in [6.45, 7) is 0. The van der Waals surface area contributed by atoms with Crippen molar-refractivity contribution in [1.29, 1.82) is 0 Å². The second kappa shape index (κ2) is 5.75. The monoisotopic (exact) mass is 321 g/mol. The minimum absolute atomic E-state index is 0.497. The minimum Gasteiger partial charge on any atom is -0.495 e. The van der Waals surface area contributed by atoms with E-state index in [1.807, 2.05) is 11.4 Å². The summed E-state index contributed by atoms with van der Waals surface area (Å²) in [5.41, 5.74) is 0.717.